The summed E-state index contributed by atoms with van der Waals surface area (Å²) in [4.78, 5) is 4.55. The molecule has 40 valence electrons. The van der Waals surface area contributed by atoms with Crippen LogP contribution in [0.4, 0.5) is 0 Å². The Morgan fingerprint density at radius 1 is 1.71 bits per heavy atom. The molecule has 0 unspecified atom stereocenters. The molecule has 3 nitrogen and oxygen atoms in total. The summed E-state index contributed by atoms with van der Waals surface area (Å²) in [5.41, 5.74) is 0.895. The van der Waals surface area contributed by atoms with Crippen LogP contribution in [-0.2, 0) is 9.57 Å². The Morgan fingerprint density at radius 2 is 2.57 bits per heavy atom. The minimum Gasteiger partial charge on any atom is -0.367 e. The lowest BCUT2D eigenvalue weighted by molar-refractivity contribution is -0.0556. The van der Waals surface area contributed by atoms with Gasteiger partial charge in [-0.25, -0.2) is 0 Å². The standard InChI is InChI=1S/C4H7NO2/c1-4-2-6-3-7-5-4/h2-3H2,1H3. The second kappa shape index (κ2) is 1.93. The van der Waals surface area contributed by atoms with E-state index in [1.807, 2.05) is 6.92 Å². The summed E-state index contributed by atoms with van der Waals surface area (Å²) < 4.78 is 4.83. The highest BCUT2D eigenvalue weighted by molar-refractivity contribution is 5.82. The van der Waals surface area contributed by atoms with Gasteiger partial charge in [-0.2, -0.15) is 0 Å². The zero-order valence-electron chi connectivity index (χ0n) is 4.18. The summed E-state index contributed by atoms with van der Waals surface area (Å²) in [6.07, 6.45) is 0. The van der Waals surface area contributed by atoms with Gasteiger partial charge in [0.25, 0.3) is 0 Å². The molecule has 0 saturated heterocycles. The molecule has 1 heterocycles. The summed E-state index contributed by atoms with van der Waals surface area (Å²) in [5, 5.41) is 3.62. The highest BCUT2D eigenvalue weighted by Gasteiger charge is 1.97. The molecule has 0 spiro atoms. The molecule has 0 saturated carbocycles. The first-order chi connectivity index (χ1) is 3.39. The van der Waals surface area contributed by atoms with Crippen molar-refractivity contribution in [3.05, 3.63) is 0 Å². The molecule has 7 heavy (non-hydrogen) atoms. The van der Waals surface area contributed by atoms with Gasteiger partial charge >= 0.3 is 0 Å². The van der Waals surface area contributed by atoms with Crippen molar-refractivity contribution in [2.45, 2.75) is 6.92 Å². The van der Waals surface area contributed by atoms with Crippen LogP contribution in [0.5, 0.6) is 0 Å². The number of nitrogens with zero attached hydrogens (tertiary/aromatic N) is 1. The van der Waals surface area contributed by atoms with Crippen molar-refractivity contribution in [2.24, 2.45) is 5.16 Å². The highest BCUT2D eigenvalue weighted by Crippen LogP contribution is 1.90. The molecule has 0 fully saturated rings. The van der Waals surface area contributed by atoms with Gasteiger partial charge in [-0.05, 0) is 6.92 Å². The summed E-state index contributed by atoms with van der Waals surface area (Å²) in [5.74, 6) is 0. The zero-order chi connectivity index (χ0) is 5.11. The first kappa shape index (κ1) is 4.59. The van der Waals surface area contributed by atoms with Crippen LogP contribution in [0.2, 0.25) is 0 Å². The van der Waals surface area contributed by atoms with Crippen molar-refractivity contribution in [2.75, 3.05) is 13.4 Å². The van der Waals surface area contributed by atoms with E-state index >= 15 is 0 Å². The maximum atomic E-state index is 4.83. The minimum atomic E-state index is 0.303. The highest BCUT2D eigenvalue weighted by atomic mass is 16.8. The molecule has 0 N–H and O–H groups in total. The van der Waals surface area contributed by atoms with Crippen LogP contribution in [0.3, 0.4) is 0 Å². The summed E-state index contributed by atoms with van der Waals surface area (Å²) in [6, 6.07) is 0. The topological polar surface area (TPSA) is 30.8 Å². The molecule has 0 atom stereocenters. The van der Waals surface area contributed by atoms with Gasteiger partial charge < -0.3 is 9.57 Å². The Bertz CT molecular complexity index is 89.7. The number of ether oxygens (including phenoxy) is 1. The van der Waals surface area contributed by atoms with Gasteiger partial charge in [-0.3, -0.25) is 0 Å². The van der Waals surface area contributed by atoms with E-state index in [9.17, 15) is 0 Å². The van der Waals surface area contributed by atoms with Gasteiger partial charge in [0.15, 0.2) is 0 Å². The van der Waals surface area contributed by atoms with Crippen LogP contribution in [0.25, 0.3) is 0 Å². The monoisotopic (exact) mass is 101 g/mol. The van der Waals surface area contributed by atoms with Gasteiger partial charge in [0.2, 0.25) is 6.79 Å². The molecule has 0 aromatic rings. The van der Waals surface area contributed by atoms with E-state index < -0.39 is 0 Å². The third-order valence-electron chi connectivity index (χ3n) is 0.667. The second-order valence-corrected chi connectivity index (χ2v) is 1.42. The zero-order valence-corrected chi connectivity index (χ0v) is 4.18. The average Bonchev–Trinajstić information content (AvgIpc) is 1.69. The fourth-order valence-corrected chi connectivity index (χ4v) is 0.390. The Morgan fingerprint density at radius 3 is 2.86 bits per heavy atom. The van der Waals surface area contributed by atoms with Crippen LogP contribution in [-0.4, -0.2) is 19.1 Å². The number of hydrogen-bond acceptors (Lipinski definition) is 3. The van der Waals surface area contributed by atoms with Crippen LogP contribution < -0.4 is 0 Å². The van der Waals surface area contributed by atoms with E-state index in [1.54, 1.807) is 0 Å². The fraction of sp³-hybridized carbons (Fsp3) is 0.750. The Balaban J connectivity index is 2.40. The molecule has 0 amide bonds. The van der Waals surface area contributed by atoms with Crippen molar-refractivity contribution >= 4 is 5.71 Å². The van der Waals surface area contributed by atoms with Crippen molar-refractivity contribution in [3.63, 3.8) is 0 Å². The second-order valence-electron chi connectivity index (χ2n) is 1.42. The van der Waals surface area contributed by atoms with Gasteiger partial charge in [0, 0.05) is 0 Å². The predicted molar refractivity (Wildman–Crippen MR) is 25.0 cm³/mol. The molecular weight excluding hydrogens is 94.0 g/mol. The van der Waals surface area contributed by atoms with E-state index in [1.165, 1.54) is 0 Å². The molecule has 0 aliphatic carbocycles. The van der Waals surface area contributed by atoms with E-state index in [4.69, 9.17) is 4.74 Å². The SMILES string of the molecule is CC1=NOCOC1. The fourth-order valence-electron chi connectivity index (χ4n) is 0.390. The van der Waals surface area contributed by atoms with E-state index in [2.05, 4.69) is 9.99 Å². The number of hydrogen-bond donors (Lipinski definition) is 0. The van der Waals surface area contributed by atoms with Gasteiger partial charge in [-0.15, -0.1) is 0 Å². The maximum Gasteiger partial charge on any atom is 0.216 e. The smallest absolute Gasteiger partial charge is 0.216 e. The number of oxime groups is 1. The van der Waals surface area contributed by atoms with E-state index in [0.717, 1.165) is 5.71 Å². The normalized spacial score (nSPS) is 20.4. The van der Waals surface area contributed by atoms with Crippen molar-refractivity contribution < 1.29 is 9.57 Å². The van der Waals surface area contributed by atoms with E-state index in [0.29, 0.717) is 13.4 Å². The summed E-state index contributed by atoms with van der Waals surface area (Å²) in [7, 11) is 0. The van der Waals surface area contributed by atoms with Crippen molar-refractivity contribution in [1.29, 1.82) is 0 Å². The van der Waals surface area contributed by atoms with Crippen LogP contribution in [0, 0.1) is 0 Å². The quantitative estimate of drug-likeness (QED) is 0.441. The first-order valence-electron chi connectivity index (χ1n) is 2.13. The molecule has 0 radical (unpaired) electrons. The average molecular weight is 101 g/mol. The third-order valence-corrected chi connectivity index (χ3v) is 0.667. The Hall–Kier alpha value is -0.570. The molecule has 0 aromatic heterocycles. The Kier molecular flexibility index (Phi) is 1.26. The summed E-state index contributed by atoms with van der Waals surface area (Å²) in [6.45, 7) is 2.77. The van der Waals surface area contributed by atoms with Crippen LogP contribution >= 0.6 is 0 Å². The molecule has 1 aliphatic heterocycles. The van der Waals surface area contributed by atoms with Gasteiger partial charge in [-0.1, -0.05) is 5.16 Å². The molecular formula is C4H7NO2. The minimum absolute atomic E-state index is 0.303. The Labute approximate surface area is 41.9 Å². The molecule has 0 aromatic carbocycles. The first-order valence-corrected chi connectivity index (χ1v) is 2.13. The lowest BCUT2D eigenvalue weighted by Gasteiger charge is -2.07. The molecule has 1 rings (SSSR count). The molecule has 3 heteroatoms. The van der Waals surface area contributed by atoms with E-state index in [-0.39, 0.29) is 0 Å². The predicted octanol–water partition coefficient (Wildman–Crippen LogP) is 0.367. The maximum absolute atomic E-state index is 4.83. The third kappa shape index (κ3) is 1.16. The molecule has 1 aliphatic rings. The van der Waals surface area contributed by atoms with Crippen LogP contribution in [0.15, 0.2) is 5.16 Å². The van der Waals surface area contributed by atoms with Gasteiger partial charge in [0.1, 0.15) is 0 Å². The molecule has 0 bridgehead atoms. The summed E-state index contributed by atoms with van der Waals surface area (Å²) >= 11 is 0. The van der Waals surface area contributed by atoms with Crippen LogP contribution in [0.1, 0.15) is 6.92 Å². The lowest BCUT2D eigenvalue weighted by Crippen LogP contribution is -2.12. The van der Waals surface area contributed by atoms with Crippen molar-refractivity contribution in [1.82, 2.24) is 0 Å². The lowest BCUT2D eigenvalue weighted by atomic mass is 10.5. The van der Waals surface area contributed by atoms with Crippen molar-refractivity contribution in [3.8, 4) is 0 Å². The largest absolute Gasteiger partial charge is 0.367 e. The number of rotatable bonds is 0. The van der Waals surface area contributed by atoms with Gasteiger partial charge in [0.05, 0.1) is 12.3 Å².